The van der Waals surface area contributed by atoms with Gasteiger partial charge in [0.1, 0.15) is 12.4 Å². The van der Waals surface area contributed by atoms with Crippen molar-refractivity contribution >= 4 is 6.09 Å². The number of amides is 1. The number of methoxy groups -OCH3 is 1. The maximum Gasteiger partial charge on any atom is 0.407 e. The number of benzene rings is 1. The first-order valence-corrected chi connectivity index (χ1v) is 5.80. The maximum absolute atomic E-state index is 11.3. The van der Waals surface area contributed by atoms with Crippen LogP contribution in [0.4, 0.5) is 4.79 Å². The summed E-state index contributed by atoms with van der Waals surface area (Å²) in [6.07, 6.45) is -0.396. The lowest BCUT2D eigenvalue weighted by Crippen LogP contribution is -2.31. The first kappa shape index (κ1) is 14.3. The van der Waals surface area contributed by atoms with Gasteiger partial charge in [0, 0.05) is 13.1 Å². The number of ether oxygens (including phenoxy) is 2. The van der Waals surface area contributed by atoms with Gasteiger partial charge in [0.2, 0.25) is 0 Å². The minimum absolute atomic E-state index is 0.262. The molecule has 0 bridgehead atoms. The SMILES string of the molecule is COc1ccc(COC(=O)NCCN(C)C)cc1. The molecule has 0 aromatic heterocycles. The third-order valence-electron chi connectivity index (χ3n) is 2.36. The van der Waals surface area contributed by atoms with E-state index in [2.05, 4.69) is 5.32 Å². The van der Waals surface area contributed by atoms with Crippen LogP contribution in [0.1, 0.15) is 5.56 Å². The number of nitrogens with zero attached hydrogens (tertiary/aromatic N) is 1. The molecule has 100 valence electrons. The van der Waals surface area contributed by atoms with Crippen molar-refractivity contribution < 1.29 is 14.3 Å². The fraction of sp³-hybridized carbons (Fsp3) is 0.462. The molecule has 0 fully saturated rings. The minimum atomic E-state index is -0.396. The highest BCUT2D eigenvalue weighted by Crippen LogP contribution is 2.11. The number of hydrogen-bond acceptors (Lipinski definition) is 4. The van der Waals surface area contributed by atoms with E-state index in [0.29, 0.717) is 6.54 Å². The third kappa shape index (κ3) is 5.54. The fourth-order valence-electron chi connectivity index (χ4n) is 1.30. The van der Waals surface area contributed by atoms with Crippen LogP contribution in [0.25, 0.3) is 0 Å². The summed E-state index contributed by atoms with van der Waals surface area (Å²) >= 11 is 0. The summed E-state index contributed by atoms with van der Waals surface area (Å²) in [5.74, 6) is 0.786. The molecule has 0 aliphatic heterocycles. The van der Waals surface area contributed by atoms with Gasteiger partial charge in [0.25, 0.3) is 0 Å². The van der Waals surface area contributed by atoms with Gasteiger partial charge in [-0.15, -0.1) is 0 Å². The molecule has 18 heavy (non-hydrogen) atoms. The predicted octanol–water partition coefficient (Wildman–Crippen LogP) is 1.48. The molecule has 1 rings (SSSR count). The molecule has 0 aliphatic carbocycles. The zero-order chi connectivity index (χ0) is 13.4. The molecule has 0 spiro atoms. The standard InChI is InChI=1S/C13H20N2O3/c1-15(2)9-8-14-13(16)18-10-11-4-6-12(17-3)7-5-11/h4-7H,8-10H2,1-3H3,(H,14,16). The molecule has 0 saturated heterocycles. The Morgan fingerprint density at radius 2 is 1.94 bits per heavy atom. The summed E-state index contributed by atoms with van der Waals surface area (Å²) in [6.45, 7) is 1.63. The van der Waals surface area contributed by atoms with Gasteiger partial charge in [-0.25, -0.2) is 4.79 Å². The number of carbonyl (C=O) groups is 1. The van der Waals surface area contributed by atoms with Crippen molar-refractivity contribution in [2.45, 2.75) is 6.61 Å². The first-order valence-electron chi connectivity index (χ1n) is 5.80. The van der Waals surface area contributed by atoms with Crippen molar-refractivity contribution in [2.24, 2.45) is 0 Å². The molecule has 5 heteroatoms. The average Bonchev–Trinajstić information content (AvgIpc) is 2.36. The Morgan fingerprint density at radius 1 is 1.28 bits per heavy atom. The number of rotatable bonds is 6. The van der Waals surface area contributed by atoms with Crippen molar-refractivity contribution in [1.82, 2.24) is 10.2 Å². The molecule has 0 unspecified atom stereocenters. The molecule has 0 heterocycles. The number of carbonyl (C=O) groups excluding carboxylic acids is 1. The van der Waals surface area contributed by atoms with Crippen LogP contribution in [0.3, 0.4) is 0 Å². The molecule has 1 aromatic rings. The molecular weight excluding hydrogens is 232 g/mol. The van der Waals surface area contributed by atoms with Crippen LogP contribution in [0, 0.1) is 0 Å². The Labute approximate surface area is 108 Å². The van der Waals surface area contributed by atoms with Crippen LogP contribution in [-0.4, -0.2) is 45.3 Å². The van der Waals surface area contributed by atoms with E-state index in [1.807, 2.05) is 43.3 Å². The second-order valence-corrected chi connectivity index (χ2v) is 4.15. The monoisotopic (exact) mass is 252 g/mol. The maximum atomic E-state index is 11.3. The third-order valence-corrected chi connectivity index (χ3v) is 2.36. The number of likely N-dealkylation sites (N-methyl/N-ethyl adjacent to an activating group) is 1. The number of nitrogens with one attached hydrogen (secondary N) is 1. The van der Waals surface area contributed by atoms with Gasteiger partial charge in [-0.1, -0.05) is 12.1 Å². The molecule has 0 atom stereocenters. The molecule has 5 nitrogen and oxygen atoms in total. The van der Waals surface area contributed by atoms with Crippen molar-refractivity contribution in [3.05, 3.63) is 29.8 Å². The lowest BCUT2D eigenvalue weighted by Gasteiger charge is -2.10. The first-order chi connectivity index (χ1) is 8.61. The summed E-state index contributed by atoms with van der Waals surface area (Å²) in [5, 5.41) is 2.68. The van der Waals surface area contributed by atoms with E-state index in [4.69, 9.17) is 9.47 Å². The van der Waals surface area contributed by atoms with Crippen molar-refractivity contribution in [3.63, 3.8) is 0 Å². The Balaban J connectivity index is 2.24. The van der Waals surface area contributed by atoms with Crippen molar-refractivity contribution in [1.29, 1.82) is 0 Å². The zero-order valence-electron chi connectivity index (χ0n) is 11.1. The lowest BCUT2D eigenvalue weighted by atomic mass is 10.2. The van der Waals surface area contributed by atoms with Gasteiger partial charge >= 0.3 is 6.09 Å². The van der Waals surface area contributed by atoms with Crippen LogP contribution in [0.15, 0.2) is 24.3 Å². The van der Waals surface area contributed by atoms with E-state index in [1.165, 1.54) is 0 Å². The van der Waals surface area contributed by atoms with Crippen LogP contribution < -0.4 is 10.1 Å². The van der Waals surface area contributed by atoms with Crippen molar-refractivity contribution in [3.8, 4) is 5.75 Å². The normalized spacial score (nSPS) is 10.2. The van der Waals surface area contributed by atoms with Gasteiger partial charge in [-0.3, -0.25) is 0 Å². The van der Waals surface area contributed by atoms with Gasteiger partial charge < -0.3 is 19.7 Å². The highest BCUT2D eigenvalue weighted by Gasteiger charge is 2.02. The summed E-state index contributed by atoms with van der Waals surface area (Å²) < 4.78 is 10.1. The molecule has 0 radical (unpaired) electrons. The lowest BCUT2D eigenvalue weighted by molar-refractivity contribution is 0.139. The number of alkyl carbamates (subject to hydrolysis) is 1. The Bertz CT molecular complexity index is 363. The quantitative estimate of drug-likeness (QED) is 0.833. The van der Waals surface area contributed by atoms with E-state index in [0.717, 1.165) is 17.9 Å². The Morgan fingerprint density at radius 3 is 2.50 bits per heavy atom. The van der Waals surface area contributed by atoms with Gasteiger partial charge in [-0.05, 0) is 31.8 Å². The molecule has 1 N–H and O–H groups in total. The Hall–Kier alpha value is -1.75. The van der Waals surface area contributed by atoms with Crippen LogP contribution in [-0.2, 0) is 11.3 Å². The van der Waals surface area contributed by atoms with E-state index < -0.39 is 6.09 Å². The molecule has 1 amide bonds. The average molecular weight is 252 g/mol. The molecule has 0 saturated carbocycles. The summed E-state index contributed by atoms with van der Waals surface area (Å²) in [7, 11) is 5.51. The van der Waals surface area contributed by atoms with Crippen LogP contribution in [0.2, 0.25) is 0 Å². The fourth-order valence-corrected chi connectivity index (χ4v) is 1.30. The van der Waals surface area contributed by atoms with Gasteiger partial charge in [0.15, 0.2) is 0 Å². The number of hydrogen-bond donors (Lipinski definition) is 1. The largest absolute Gasteiger partial charge is 0.497 e. The minimum Gasteiger partial charge on any atom is -0.497 e. The van der Waals surface area contributed by atoms with E-state index >= 15 is 0 Å². The van der Waals surface area contributed by atoms with E-state index in [1.54, 1.807) is 7.11 Å². The van der Waals surface area contributed by atoms with E-state index in [9.17, 15) is 4.79 Å². The molecule has 0 aliphatic rings. The highest BCUT2D eigenvalue weighted by molar-refractivity contribution is 5.67. The van der Waals surface area contributed by atoms with Crippen LogP contribution >= 0.6 is 0 Å². The topological polar surface area (TPSA) is 50.8 Å². The molecule has 1 aromatic carbocycles. The van der Waals surface area contributed by atoms with Crippen LogP contribution in [0.5, 0.6) is 5.75 Å². The summed E-state index contributed by atoms with van der Waals surface area (Å²) in [4.78, 5) is 13.3. The predicted molar refractivity (Wildman–Crippen MR) is 69.7 cm³/mol. The summed E-state index contributed by atoms with van der Waals surface area (Å²) in [6, 6.07) is 7.41. The van der Waals surface area contributed by atoms with Crippen molar-refractivity contribution in [2.75, 3.05) is 34.3 Å². The highest BCUT2D eigenvalue weighted by atomic mass is 16.5. The second kappa shape index (κ2) is 7.55. The zero-order valence-corrected chi connectivity index (χ0v) is 11.1. The smallest absolute Gasteiger partial charge is 0.407 e. The Kier molecular flexibility index (Phi) is 6.00. The second-order valence-electron chi connectivity index (χ2n) is 4.15. The van der Waals surface area contributed by atoms with E-state index in [-0.39, 0.29) is 6.61 Å². The van der Waals surface area contributed by atoms with Gasteiger partial charge in [-0.2, -0.15) is 0 Å². The summed E-state index contributed by atoms with van der Waals surface area (Å²) in [5.41, 5.74) is 0.929. The van der Waals surface area contributed by atoms with Gasteiger partial charge in [0.05, 0.1) is 7.11 Å². The molecular formula is C13H20N2O3.